The number of nitrogens with one attached hydrogen (secondary N) is 1. The molecule has 1 aromatic carbocycles. The second-order valence-electron chi connectivity index (χ2n) is 3.57. The molecule has 0 unspecified atom stereocenters. The minimum Gasteiger partial charge on any atom is -0.508 e. The van der Waals surface area contributed by atoms with Crippen LogP contribution in [0.2, 0.25) is 10.4 Å². The zero-order valence-corrected chi connectivity index (χ0v) is 10.9. The van der Waals surface area contributed by atoms with E-state index in [1.165, 1.54) is 24.3 Å². The first-order valence-electron chi connectivity index (χ1n) is 5.05. The lowest BCUT2D eigenvalue weighted by Crippen LogP contribution is -2.15. The normalized spacial score (nSPS) is 10.2. The maximum atomic E-state index is 12.0. The molecule has 1 amide bonds. The molecule has 0 aliphatic rings. The number of halogens is 2. The van der Waals surface area contributed by atoms with Crippen LogP contribution >= 0.6 is 23.2 Å². The van der Waals surface area contributed by atoms with E-state index in [0.717, 1.165) is 0 Å². The van der Waals surface area contributed by atoms with Gasteiger partial charge in [-0.25, -0.2) is 9.97 Å². The first-order valence-corrected chi connectivity index (χ1v) is 5.81. The quantitative estimate of drug-likeness (QED) is 0.342. The molecule has 4 N–H and O–H groups in total. The lowest BCUT2D eigenvalue weighted by Gasteiger charge is -2.07. The first-order chi connectivity index (χ1) is 8.95. The van der Waals surface area contributed by atoms with Gasteiger partial charge in [0.1, 0.15) is 16.7 Å². The van der Waals surface area contributed by atoms with E-state index in [0.29, 0.717) is 0 Å². The Hall–Kier alpha value is -2.05. The van der Waals surface area contributed by atoms with E-state index in [9.17, 15) is 9.90 Å². The number of nitrogens with two attached hydrogens (primary N) is 1. The molecule has 2 rings (SSSR count). The van der Waals surface area contributed by atoms with Crippen LogP contribution in [0.15, 0.2) is 24.3 Å². The molecule has 98 valence electrons. The van der Waals surface area contributed by atoms with E-state index in [1.54, 1.807) is 0 Å². The highest BCUT2D eigenvalue weighted by Crippen LogP contribution is 2.20. The summed E-state index contributed by atoms with van der Waals surface area (Å²) in [6.45, 7) is 0. The minimum absolute atomic E-state index is 0.0712. The number of rotatable bonds is 2. The molecule has 0 saturated carbocycles. The molecule has 0 saturated heterocycles. The van der Waals surface area contributed by atoms with Gasteiger partial charge < -0.3 is 16.2 Å². The van der Waals surface area contributed by atoms with Crippen LogP contribution in [0, 0.1) is 0 Å². The Balaban J connectivity index is 2.28. The van der Waals surface area contributed by atoms with Gasteiger partial charge in [-0.3, -0.25) is 4.79 Å². The molecule has 2 aromatic rings. The maximum Gasteiger partial charge on any atom is 0.259 e. The number of nitrogens with zero attached hydrogens (tertiary/aromatic N) is 2. The number of benzene rings is 1. The summed E-state index contributed by atoms with van der Waals surface area (Å²) < 4.78 is 0. The molecule has 8 heteroatoms. The molecule has 19 heavy (non-hydrogen) atoms. The monoisotopic (exact) mass is 298 g/mol. The van der Waals surface area contributed by atoms with Gasteiger partial charge >= 0.3 is 0 Å². The second kappa shape index (κ2) is 5.29. The topological polar surface area (TPSA) is 101 Å². The summed E-state index contributed by atoms with van der Waals surface area (Å²) in [5, 5.41) is 11.8. The van der Waals surface area contributed by atoms with Crippen molar-refractivity contribution in [2.24, 2.45) is 0 Å². The Kier molecular flexibility index (Phi) is 3.73. The Labute approximate surface area is 118 Å². The fourth-order valence-electron chi connectivity index (χ4n) is 1.38. The zero-order valence-electron chi connectivity index (χ0n) is 9.39. The van der Waals surface area contributed by atoms with E-state index in [4.69, 9.17) is 28.9 Å². The van der Waals surface area contributed by atoms with Gasteiger partial charge in [0.25, 0.3) is 5.91 Å². The second-order valence-corrected chi connectivity index (χ2v) is 4.30. The number of phenolic OH excluding ortho intramolecular Hbond substituents is 1. The molecule has 6 nitrogen and oxygen atoms in total. The number of amides is 1. The van der Waals surface area contributed by atoms with Crippen LogP contribution in [0.5, 0.6) is 5.75 Å². The van der Waals surface area contributed by atoms with Crippen molar-refractivity contribution in [3.63, 3.8) is 0 Å². The van der Waals surface area contributed by atoms with Crippen molar-refractivity contribution in [3.8, 4) is 5.75 Å². The van der Waals surface area contributed by atoms with Gasteiger partial charge in [-0.05, 0) is 29.8 Å². The molecule has 0 aliphatic carbocycles. The summed E-state index contributed by atoms with van der Waals surface area (Å²) >= 11 is 11.3. The molecule has 1 aromatic heterocycles. The SMILES string of the molecule is Nc1ccc(O)cc1C(=O)Nc1cc(Cl)nc(Cl)n1. The average molecular weight is 299 g/mol. The summed E-state index contributed by atoms with van der Waals surface area (Å²) in [6.07, 6.45) is 0. The molecular weight excluding hydrogens is 291 g/mol. The summed E-state index contributed by atoms with van der Waals surface area (Å²) in [6, 6.07) is 5.38. The highest BCUT2D eigenvalue weighted by Gasteiger charge is 2.12. The molecule has 0 radical (unpaired) electrons. The highest BCUT2D eigenvalue weighted by atomic mass is 35.5. The molecular formula is C11H8Cl2N4O2. The van der Waals surface area contributed by atoms with Crippen molar-refractivity contribution in [1.82, 2.24) is 9.97 Å². The van der Waals surface area contributed by atoms with Crippen LogP contribution in [0.25, 0.3) is 0 Å². The number of carbonyl (C=O) groups excluding carboxylic acids is 1. The molecule has 0 fully saturated rings. The first kappa shape index (κ1) is 13.4. The average Bonchev–Trinajstić information content (AvgIpc) is 2.30. The number of aromatic hydroxyl groups is 1. The van der Waals surface area contributed by atoms with Gasteiger partial charge in [0.05, 0.1) is 5.56 Å². The summed E-state index contributed by atoms with van der Waals surface area (Å²) in [5.41, 5.74) is 5.99. The third-order valence-corrected chi connectivity index (χ3v) is 2.55. The molecule has 0 bridgehead atoms. The summed E-state index contributed by atoms with van der Waals surface area (Å²) in [5.74, 6) is -0.477. The number of carbonyl (C=O) groups is 1. The minimum atomic E-state index is -0.542. The van der Waals surface area contributed by atoms with Crippen LogP contribution in [-0.2, 0) is 0 Å². The van der Waals surface area contributed by atoms with Crippen LogP contribution in [0.4, 0.5) is 11.5 Å². The van der Waals surface area contributed by atoms with Crippen LogP contribution in [-0.4, -0.2) is 21.0 Å². The molecule has 1 heterocycles. The zero-order chi connectivity index (χ0) is 14.0. The molecule has 0 aliphatic heterocycles. The van der Waals surface area contributed by atoms with E-state index in [-0.39, 0.29) is 33.3 Å². The van der Waals surface area contributed by atoms with Crippen molar-refractivity contribution in [3.05, 3.63) is 40.3 Å². The lowest BCUT2D eigenvalue weighted by molar-refractivity contribution is 0.102. The van der Waals surface area contributed by atoms with Gasteiger partial charge in [-0.2, -0.15) is 0 Å². The summed E-state index contributed by atoms with van der Waals surface area (Å²) in [7, 11) is 0. The van der Waals surface area contributed by atoms with E-state index < -0.39 is 5.91 Å². The van der Waals surface area contributed by atoms with Crippen LogP contribution in [0.3, 0.4) is 0 Å². The van der Waals surface area contributed by atoms with Crippen molar-refractivity contribution in [2.75, 3.05) is 11.1 Å². The predicted molar refractivity (Wildman–Crippen MR) is 72.5 cm³/mol. The number of anilines is 2. The van der Waals surface area contributed by atoms with E-state index >= 15 is 0 Å². The standard InChI is InChI=1S/C11H8Cl2N4O2/c12-8-4-9(17-11(13)15-8)16-10(19)6-3-5(18)1-2-7(6)14/h1-4,18H,14H2,(H,15,16,17,19). The number of phenols is 1. The van der Waals surface area contributed by atoms with Gasteiger partial charge in [-0.1, -0.05) is 11.6 Å². The van der Waals surface area contributed by atoms with Crippen molar-refractivity contribution >= 4 is 40.6 Å². The fraction of sp³-hybridized carbons (Fsp3) is 0. The Bertz CT molecular complexity index is 628. The van der Waals surface area contributed by atoms with Crippen LogP contribution < -0.4 is 11.1 Å². The van der Waals surface area contributed by atoms with Gasteiger partial charge in [0.15, 0.2) is 0 Å². The number of aromatic nitrogens is 2. The number of nitrogen functional groups attached to an aromatic ring is 1. The van der Waals surface area contributed by atoms with Crippen molar-refractivity contribution in [2.45, 2.75) is 0 Å². The van der Waals surface area contributed by atoms with E-state index in [2.05, 4.69) is 15.3 Å². The fourth-order valence-corrected chi connectivity index (χ4v) is 1.79. The van der Waals surface area contributed by atoms with Gasteiger partial charge in [0, 0.05) is 11.8 Å². The van der Waals surface area contributed by atoms with Gasteiger partial charge in [0.2, 0.25) is 5.28 Å². The van der Waals surface area contributed by atoms with Gasteiger partial charge in [-0.15, -0.1) is 0 Å². The number of hydrogen-bond donors (Lipinski definition) is 3. The Morgan fingerprint density at radius 2 is 2.00 bits per heavy atom. The Morgan fingerprint density at radius 1 is 1.26 bits per heavy atom. The molecule has 0 atom stereocenters. The third kappa shape index (κ3) is 3.24. The third-order valence-electron chi connectivity index (χ3n) is 2.19. The smallest absolute Gasteiger partial charge is 0.259 e. The number of hydrogen-bond acceptors (Lipinski definition) is 5. The maximum absolute atomic E-state index is 12.0. The Morgan fingerprint density at radius 3 is 2.68 bits per heavy atom. The molecule has 0 spiro atoms. The lowest BCUT2D eigenvalue weighted by atomic mass is 10.1. The summed E-state index contributed by atoms with van der Waals surface area (Å²) in [4.78, 5) is 19.4. The van der Waals surface area contributed by atoms with E-state index in [1.807, 2.05) is 0 Å². The van der Waals surface area contributed by atoms with Crippen molar-refractivity contribution < 1.29 is 9.90 Å². The highest BCUT2D eigenvalue weighted by molar-refractivity contribution is 6.32. The van der Waals surface area contributed by atoms with Crippen molar-refractivity contribution in [1.29, 1.82) is 0 Å². The van der Waals surface area contributed by atoms with Crippen LogP contribution in [0.1, 0.15) is 10.4 Å². The predicted octanol–water partition coefficient (Wildman–Crippen LogP) is 2.32. The largest absolute Gasteiger partial charge is 0.508 e.